The Morgan fingerprint density at radius 2 is 2.06 bits per heavy atom. The molecule has 5 nitrogen and oxygen atoms in total. The Bertz CT molecular complexity index is 1150. The molecule has 7 heteroatoms. The Hall–Kier alpha value is -2.28. The average molecular weight is 467 g/mol. The number of likely N-dealkylation sites (tertiary alicyclic amines) is 1. The van der Waals surface area contributed by atoms with Crippen molar-refractivity contribution in [2.75, 3.05) is 26.2 Å². The molecule has 1 saturated heterocycles. The van der Waals surface area contributed by atoms with Crippen molar-refractivity contribution in [2.45, 2.75) is 30.6 Å². The lowest BCUT2D eigenvalue weighted by atomic mass is 9.96. The highest BCUT2D eigenvalue weighted by Crippen LogP contribution is 2.39. The minimum Gasteiger partial charge on any atom is -0.351 e. The molecule has 0 spiro atoms. The molecule has 1 amide bonds. The minimum absolute atomic E-state index is 0.0104. The van der Waals surface area contributed by atoms with Gasteiger partial charge >= 0.3 is 0 Å². The summed E-state index contributed by atoms with van der Waals surface area (Å²) in [5.74, 6) is 0.555. The van der Waals surface area contributed by atoms with Crippen LogP contribution in [-0.4, -0.2) is 47.2 Å². The monoisotopic (exact) mass is 466 g/mol. The molecule has 2 aliphatic rings. The van der Waals surface area contributed by atoms with Crippen molar-refractivity contribution in [1.29, 1.82) is 0 Å². The summed E-state index contributed by atoms with van der Waals surface area (Å²) >= 11 is 7.61. The first-order valence-electron chi connectivity index (χ1n) is 11.3. The van der Waals surface area contributed by atoms with E-state index < -0.39 is 0 Å². The molecule has 0 aliphatic carbocycles. The maximum atomic E-state index is 12.8. The number of hydrogen-bond acceptors (Lipinski definition) is 4. The third-order valence-corrected chi connectivity index (χ3v) is 7.70. The predicted molar refractivity (Wildman–Crippen MR) is 132 cm³/mol. The molecule has 2 aliphatic heterocycles. The lowest BCUT2D eigenvalue weighted by molar-refractivity contribution is -0.117. The average Bonchev–Trinajstić information content (AvgIpc) is 3.23. The fourth-order valence-corrected chi connectivity index (χ4v) is 5.83. The zero-order valence-electron chi connectivity index (χ0n) is 17.9. The number of amides is 1. The van der Waals surface area contributed by atoms with E-state index in [4.69, 9.17) is 11.6 Å². The molecule has 1 aromatic heterocycles. The largest absolute Gasteiger partial charge is 0.351 e. The van der Waals surface area contributed by atoms with Crippen molar-refractivity contribution in [3.63, 3.8) is 0 Å². The number of nitrogens with zero attached hydrogens (tertiary/aromatic N) is 2. The van der Waals surface area contributed by atoms with Gasteiger partial charge in [-0.2, -0.15) is 5.10 Å². The smallest absolute Gasteiger partial charge is 0.258 e. The molecule has 3 aromatic rings. The summed E-state index contributed by atoms with van der Waals surface area (Å²) in [4.78, 5) is 17.2. The van der Waals surface area contributed by atoms with Gasteiger partial charge in [0.1, 0.15) is 0 Å². The number of aryl methyl sites for hydroxylation is 1. The third-order valence-electron chi connectivity index (χ3n) is 6.38. The SMILES string of the molecule is O=C(NCC1CCN(CCCc2cccc(Cl)c2)CC1)C1=Cc2[nH]nc3cccc(c23)S1. The zero-order chi connectivity index (χ0) is 21.9. The van der Waals surface area contributed by atoms with E-state index in [0.717, 1.165) is 83.3 Å². The van der Waals surface area contributed by atoms with E-state index in [1.807, 2.05) is 30.3 Å². The third kappa shape index (κ3) is 4.87. The van der Waals surface area contributed by atoms with Gasteiger partial charge in [-0.05, 0) is 87.1 Å². The van der Waals surface area contributed by atoms with Crippen LogP contribution in [0, 0.1) is 5.92 Å². The summed E-state index contributed by atoms with van der Waals surface area (Å²) in [6, 6.07) is 14.2. The number of piperidine rings is 1. The molecule has 1 fully saturated rings. The molecule has 0 atom stereocenters. The zero-order valence-corrected chi connectivity index (χ0v) is 19.5. The van der Waals surface area contributed by atoms with Crippen molar-refractivity contribution < 1.29 is 4.79 Å². The molecule has 0 unspecified atom stereocenters. The van der Waals surface area contributed by atoms with Crippen LogP contribution >= 0.6 is 23.4 Å². The summed E-state index contributed by atoms with van der Waals surface area (Å²) in [7, 11) is 0. The number of aromatic amines is 1. The molecule has 0 bridgehead atoms. The van der Waals surface area contributed by atoms with Gasteiger partial charge in [-0.3, -0.25) is 9.89 Å². The van der Waals surface area contributed by atoms with Crippen LogP contribution < -0.4 is 5.32 Å². The van der Waals surface area contributed by atoms with Crippen LogP contribution in [0.15, 0.2) is 52.3 Å². The van der Waals surface area contributed by atoms with E-state index in [0.29, 0.717) is 5.92 Å². The second kappa shape index (κ2) is 9.69. The predicted octanol–water partition coefficient (Wildman–Crippen LogP) is 5.12. The van der Waals surface area contributed by atoms with Gasteiger partial charge in [-0.25, -0.2) is 0 Å². The number of thioether (sulfide) groups is 1. The van der Waals surface area contributed by atoms with Crippen LogP contribution in [0.25, 0.3) is 17.0 Å². The molecule has 2 N–H and O–H groups in total. The highest BCUT2D eigenvalue weighted by molar-refractivity contribution is 8.04. The van der Waals surface area contributed by atoms with Gasteiger partial charge in [0.05, 0.1) is 16.1 Å². The second-order valence-electron chi connectivity index (χ2n) is 8.63. The molecular weight excluding hydrogens is 440 g/mol. The normalized spacial score (nSPS) is 16.8. The Morgan fingerprint density at radius 1 is 1.22 bits per heavy atom. The molecule has 0 radical (unpaired) electrons. The summed E-state index contributed by atoms with van der Waals surface area (Å²) in [5.41, 5.74) is 3.18. The summed E-state index contributed by atoms with van der Waals surface area (Å²) < 4.78 is 0. The first-order valence-corrected chi connectivity index (χ1v) is 12.5. The fraction of sp³-hybridized carbons (Fsp3) is 0.360. The van der Waals surface area contributed by atoms with Gasteiger partial charge in [0.25, 0.3) is 5.91 Å². The van der Waals surface area contributed by atoms with Gasteiger partial charge in [0.15, 0.2) is 0 Å². The number of benzene rings is 2. The Balaban J connectivity index is 1.06. The molecule has 166 valence electrons. The minimum atomic E-state index is 0.0104. The van der Waals surface area contributed by atoms with Crippen LogP contribution in [0.2, 0.25) is 5.02 Å². The van der Waals surface area contributed by atoms with E-state index in [1.165, 1.54) is 17.3 Å². The van der Waals surface area contributed by atoms with Crippen LogP contribution in [0.4, 0.5) is 0 Å². The number of rotatable bonds is 7. The topological polar surface area (TPSA) is 61.0 Å². The van der Waals surface area contributed by atoms with Crippen molar-refractivity contribution in [3.8, 4) is 0 Å². The van der Waals surface area contributed by atoms with Gasteiger partial charge in [0.2, 0.25) is 0 Å². The lowest BCUT2D eigenvalue weighted by Crippen LogP contribution is -2.39. The number of halogens is 1. The number of aromatic nitrogens is 2. The van der Waals surface area contributed by atoms with Crippen molar-refractivity contribution in [3.05, 3.63) is 63.6 Å². The first kappa shape index (κ1) is 21.6. The molecule has 32 heavy (non-hydrogen) atoms. The van der Waals surface area contributed by atoms with E-state index >= 15 is 0 Å². The molecule has 0 saturated carbocycles. The number of carbonyl (C=O) groups excluding carboxylic acids is 1. The number of hydrogen-bond donors (Lipinski definition) is 2. The van der Waals surface area contributed by atoms with E-state index in [9.17, 15) is 4.79 Å². The number of nitrogens with one attached hydrogen (secondary N) is 2. The van der Waals surface area contributed by atoms with Gasteiger partial charge < -0.3 is 10.2 Å². The van der Waals surface area contributed by atoms with Crippen LogP contribution in [0.1, 0.15) is 30.5 Å². The summed E-state index contributed by atoms with van der Waals surface area (Å²) in [5, 5.41) is 12.5. The lowest BCUT2D eigenvalue weighted by Gasteiger charge is -2.32. The quantitative estimate of drug-likeness (QED) is 0.507. The maximum Gasteiger partial charge on any atom is 0.258 e. The van der Waals surface area contributed by atoms with Gasteiger partial charge in [0, 0.05) is 21.8 Å². The van der Waals surface area contributed by atoms with Crippen LogP contribution in [-0.2, 0) is 11.2 Å². The van der Waals surface area contributed by atoms with Crippen LogP contribution in [0.5, 0.6) is 0 Å². The van der Waals surface area contributed by atoms with E-state index in [1.54, 1.807) is 0 Å². The second-order valence-corrected chi connectivity index (χ2v) is 10.1. The molecule has 5 rings (SSSR count). The van der Waals surface area contributed by atoms with Crippen LogP contribution in [0.3, 0.4) is 0 Å². The van der Waals surface area contributed by atoms with E-state index in [-0.39, 0.29) is 5.91 Å². The Morgan fingerprint density at radius 3 is 2.91 bits per heavy atom. The van der Waals surface area contributed by atoms with Crippen molar-refractivity contribution in [1.82, 2.24) is 20.4 Å². The highest BCUT2D eigenvalue weighted by Gasteiger charge is 2.23. The van der Waals surface area contributed by atoms with E-state index in [2.05, 4.69) is 38.6 Å². The first-order chi connectivity index (χ1) is 15.7. The van der Waals surface area contributed by atoms with Gasteiger partial charge in [-0.1, -0.05) is 41.6 Å². The Labute approximate surface area is 197 Å². The standard InChI is InChI=1S/C25H27ClN4OS/c26-19-6-1-4-17(14-19)5-3-11-30-12-9-18(10-13-30)16-27-25(31)23-15-21-24-20(28-29-21)7-2-8-22(24)32-23/h1-2,4,6-8,14-15,18H,3,5,9-13,16H2,(H,27,31)(H,28,29). The molecular formula is C25H27ClN4OS. The highest BCUT2D eigenvalue weighted by atomic mass is 35.5. The summed E-state index contributed by atoms with van der Waals surface area (Å²) in [6.45, 7) is 4.07. The molecule has 2 aromatic carbocycles. The molecule has 3 heterocycles. The summed E-state index contributed by atoms with van der Waals surface area (Å²) in [6.07, 6.45) is 6.40. The fourth-order valence-electron chi connectivity index (χ4n) is 4.58. The van der Waals surface area contributed by atoms with Gasteiger partial charge in [-0.15, -0.1) is 0 Å². The Kier molecular flexibility index (Phi) is 6.53. The van der Waals surface area contributed by atoms with Crippen molar-refractivity contribution >= 4 is 46.2 Å². The van der Waals surface area contributed by atoms with Crippen molar-refractivity contribution in [2.24, 2.45) is 5.92 Å². The number of H-pyrrole nitrogens is 1. The maximum absolute atomic E-state index is 12.8. The number of carbonyl (C=O) groups is 1.